The van der Waals surface area contributed by atoms with Crippen LogP contribution in [0.5, 0.6) is 5.75 Å². The summed E-state index contributed by atoms with van der Waals surface area (Å²) in [5, 5.41) is 0. The second-order valence-electron chi connectivity index (χ2n) is 6.29. The van der Waals surface area contributed by atoms with E-state index in [0.717, 1.165) is 0 Å². The van der Waals surface area contributed by atoms with Gasteiger partial charge in [0.05, 0.1) is 12.0 Å². The minimum atomic E-state index is -3.64. The van der Waals surface area contributed by atoms with Gasteiger partial charge in [-0.25, -0.2) is 12.8 Å². The number of hydrogen-bond acceptors (Lipinski definition) is 4. The zero-order valence-electron chi connectivity index (χ0n) is 15.4. The number of carbonyl (C=O) groups is 1. The third kappa shape index (κ3) is 4.58. The molecule has 0 bridgehead atoms. The number of benzene rings is 2. The first-order valence-corrected chi connectivity index (χ1v) is 10.2. The van der Waals surface area contributed by atoms with E-state index in [0.29, 0.717) is 24.4 Å². The van der Waals surface area contributed by atoms with Gasteiger partial charge in [-0.1, -0.05) is 18.2 Å². The number of rotatable bonds is 5. The SMILES string of the molecule is COc1cccc(S(=O)(=O)N2CCN(C(=O)C=Cc3ccc(F)cc3)CC2)c1. The molecule has 1 heterocycles. The molecule has 28 heavy (non-hydrogen) atoms. The number of hydrogen-bond donors (Lipinski definition) is 0. The highest BCUT2D eigenvalue weighted by Crippen LogP contribution is 2.22. The molecule has 0 saturated carbocycles. The maximum absolute atomic E-state index is 12.9. The van der Waals surface area contributed by atoms with Crippen molar-refractivity contribution in [1.29, 1.82) is 0 Å². The zero-order chi connectivity index (χ0) is 20.1. The van der Waals surface area contributed by atoms with Crippen molar-refractivity contribution in [2.45, 2.75) is 4.90 Å². The normalized spacial score (nSPS) is 15.7. The first-order chi connectivity index (χ1) is 13.4. The van der Waals surface area contributed by atoms with Gasteiger partial charge < -0.3 is 9.64 Å². The Hall–Kier alpha value is -2.71. The van der Waals surface area contributed by atoms with Crippen LogP contribution in [0.25, 0.3) is 6.08 Å². The Labute approximate surface area is 163 Å². The number of amides is 1. The van der Waals surface area contributed by atoms with Crippen molar-refractivity contribution in [3.63, 3.8) is 0 Å². The summed E-state index contributed by atoms with van der Waals surface area (Å²) in [6.45, 7) is 1.04. The molecule has 0 unspecified atom stereocenters. The Morgan fingerprint density at radius 2 is 1.75 bits per heavy atom. The lowest BCUT2D eigenvalue weighted by molar-refractivity contribution is -0.127. The number of sulfonamides is 1. The molecule has 0 aliphatic carbocycles. The zero-order valence-corrected chi connectivity index (χ0v) is 16.2. The number of carbonyl (C=O) groups excluding carboxylic acids is 1. The Bertz CT molecular complexity index is 966. The molecule has 1 saturated heterocycles. The average molecular weight is 404 g/mol. The van der Waals surface area contributed by atoms with Crippen LogP contribution in [0, 0.1) is 5.82 Å². The molecule has 1 amide bonds. The van der Waals surface area contributed by atoms with Crippen molar-refractivity contribution in [3.05, 3.63) is 66.0 Å². The fourth-order valence-corrected chi connectivity index (χ4v) is 4.36. The molecular weight excluding hydrogens is 383 g/mol. The van der Waals surface area contributed by atoms with Gasteiger partial charge in [-0.15, -0.1) is 0 Å². The Morgan fingerprint density at radius 1 is 1.07 bits per heavy atom. The van der Waals surface area contributed by atoms with Crippen LogP contribution < -0.4 is 4.74 Å². The maximum Gasteiger partial charge on any atom is 0.246 e. The summed E-state index contributed by atoms with van der Waals surface area (Å²) in [6.07, 6.45) is 3.03. The summed E-state index contributed by atoms with van der Waals surface area (Å²) < 4.78 is 45.0. The number of ether oxygens (including phenoxy) is 1. The quantitative estimate of drug-likeness (QED) is 0.718. The van der Waals surface area contributed by atoms with E-state index in [9.17, 15) is 17.6 Å². The van der Waals surface area contributed by atoms with Gasteiger partial charge in [-0.2, -0.15) is 4.31 Å². The van der Waals surface area contributed by atoms with Crippen LogP contribution in [-0.4, -0.2) is 56.8 Å². The summed E-state index contributed by atoms with van der Waals surface area (Å²) in [4.78, 5) is 14.1. The lowest BCUT2D eigenvalue weighted by atomic mass is 10.2. The van der Waals surface area contributed by atoms with Gasteiger partial charge in [0.2, 0.25) is 15.9 Å². The largest absolute Gasteiger partial charge is 0.497 e. The van der Waals surface area contributed by atoms with Crippen LogP contribution in [0.2, 0.25) is 0 Å². The van der Waals surface area contributed by atoms with Crippen molar-refractivity contribution in [3.8, 4) is 5.75 Å². The molecule has 1 aliphatic heterocycles. The second kappa shape index (κ2) is 8.53. The van der Waals surface area contributed by atoms with E-state index in [1.165, 1.54) is 41.8 Å². The third-order valence-corrected chi connectivity index (χ3v) is 6.41. The van der Waals surface area contributed by atoms with Crippen LogP contribution in [-0.2, 0) is 14.8 Å². The Kier molecular flexibility index (Phi) is 6.11. The predicted molar refractivity (Wildman–Crippen MR) is 104 cm³/mol. The number of nitrogens with zero attached hydrogens (tertiary/aromatic N) is 2. The summed E-state index contributed by atoms with van der Waals surface area (Å²) in [5.74, 6) is -0.0691. The summed E-state index contributed by atoms with van der Waals surface area (Å²) in [5.41, 5.74) is 0.717. The van der Waals surface area contributed by atoms with Gasteiger partial charge in [0, 0.05) is 38.3 Å². The fourth-order valence-electron chi connectivity index (χ4n) is 2.91. The van der Waals surface area contributed by atoms with E-state index >= 15 is 0 Å². The summed E-state index contributed by atoms with van der Waals surface area (Å²) in [6, 6.07) is 12.1. The molecule has 0 aromatic heterocycles. The molecule has 0 atom stereocenters. The van der Waals surface area contributed by atoms with Gasteiger partial charge in [-0.3, -0.25) is 4.79 Å². The van der Waals surface area contributed by atoms with Crippen LogP contribution in [0.15, 0.2) is 59.5 Å². The van der Waals surface area contributed by atoms with E-state index in [1.807, 2.05) is 0 Å². The lowest BCUT2D eigenvalue weighted by Crippen LogP contribution is -2.50. The third-order valence-electron chi connectivity index (χ3n) is 4.52. The van der Waals surface area contributed by atoms with E-state index in [-0.39, 0.29) is 29.7 Å². The smallest absolute Gasteiger partial charge is 0.246 e. The second-order valence-corrected chi connectivity index (χ2v) is 8.23. The van der Waals surface area contributed by atoms with Crippen LogP contribution in [0.1, 0.15) is 5.56 Å². The summed E-state index contributed by atoms with van der Waals surface area (Å²) >= 11 is 0. The monoisotopic (exact) mass is 404 g/mol. The van der Waals surface area contributed by atoms with Gasteiger partial charge in [-0.05, 0) is 35.9 Å². The molecule has 3 rings (SSSR count). The molecule has 148 valence electrons. The van der Waals surface area contributed by atoms with Crippen LogP contribution in [0.4, 0.5) is 4.39 Å². The van der Waals surface area contributed by atoms with Crippen molar-refractivity contribution in [2.75, 3.05) is 33.3 Å². The summed E-state index contributed by atoms with van der Waals surface area (Å²) in [7, 11) is -2.16. The van der Waals surface area contributed by atoms with Crippen molar-refractivity contribution < 1.29 is 22.3 Å². The van der Waals surface area contributed by atoms with Crippen LogP contribution >= 0.6 is 0 Å². The molecular formula is C20H21FN2O4S. The molecule has 2 aromatic rings. The molecule has 0 N–H and O–H groups in total. The van der Waals surface area contributed by atoms with Crippen LogP contribution in [0.3, 0.4) is 0 Å². The molecule has 1 fully saturated rings. The molecule has 1 aliphatic rings. The number of piperazine rings is 1. The predicted octanol–water partition coefficient (Wildman–Crippen LogP) is 2.38. The minimum absolute atomic E-state index is 0.169. The fraction of sp³-hybridized carbons (Fsp3) is 0.250. The first kappa shape index (κ1) is 20.0. The van der Waals surface area contributed by atoms with E-state index < -0.39 is 10.0 Å². The Morgan fingerprint density at radius 3 is 2.39 bits per heavy atom. The highest BCUT2D eigenvalue weighted by molar-refractivity contribution is 7.89. The van der Waals surface area contributed by atoms with Gasteiger partial charge in [0.25, 0.3) is 0 Å². The maximum atomic E-state index is 12.9. The molecule has 6 nitrogen and oxygen atoms in total. The Balaban J connectivity index is 1.61. The van der Waals surface area contributed by atoms with Gasteiger partial charge in [0.15, 0.2) is 0 Å². The average Bonchev–Trinajstić information content (AvgIpc) is 2.73. The van der Waals surface area contributed by atoms with E-state index in [1.54, 1.807) is 35.2 Å². The van der Waals surface area contributed by atoms with E-state index in [2.05, 4.69) is 0 Å². The van der Waals surface area contributed by atoms with Crippen molar-refractivity contribution >= 4 is 22.0 Å². The molecule has 0 radical (unpaired) electrons. The highest BCUT2D eigenvalue weighted by atomic mass is 32.2. The van der Waals surface area contributed by atoms with Crippen molar-refractivity contribution in [2.24, 2.45) is 0 Å². The topological polar surface area (TPSA) is 66.9 Å². The van der Waals surface area contributed by atoms with Gasteiger partial charge >= 0.3 is 0 Å². The minimum Gasteiger partial charge on any atom is -0.497 e. The standard InChI is InChI=1S/C20H21FN2O4S/c1-27-18-3-2-4-19(15-18)28(25,26)23-13-11-22(12-14-23)20(24)10-7-16-5-8-17(21)9-6-16/h2-10,15H,11-14H2,1H3. The lowest BCUT2D eigenvalue weighted by Gasteiger charge is -2.33. The number of halogens is 1. The first-order valence-electron chi connectivity index (χ1n) is 8.77. The van der Waals surface area contributed by atoms with Gasteiger partial charge in [0.1, 0.15) is 11.6 Å². The molecule has 0 spiro atoms. The number of methoxy groups -OCH3 is 1. The highest BCUT2D eigenvalue weighted by Gasteiger charge is 2.29. The molecule has 8 heteroatoms. The molecule has 2 aromatic carbocycles. The van der Waals surface area contributed by atoms with E-state index in [4.69, 9.17) is 4.74 Å². The van der Waals surface area contributed by atoms with Crippen molar-refractivity contribution in [1.82, 2.24) is 9.21 Å².